The van der Waals surface area contributed by atoms with Gasteiger partial charge in [0.1, 0.15) is 0 Å². The quantitative estimate of drug-likeness (QED) is 0.155. The minimum atomic E-state index is -0.432. The summed E-state index contributed by atoms with van der Waals surface area (Å²) in [6.45, 7) is 4.77. The molecule has 0 fully saturated rings. The van der Waals surface area contributed by atoms with E-state index >= 15 is 0 Å². The molecule has 308 valence electrons. The first-order chi connectivity index (χ1) is 32.0. The Labute approximate surface area is 382 Å². The maximum absolute atomic E-state index is 2.49. The molecule has 0 aromatic heterocycles. The number of nitrogens with zero attached hydrogens (tertiary/aromatic N) is 1. The molecule has 0 atom stereocenters. The van der Waals surface area contributed by atoms with Crippen LogP contribution in [0.5, 0.6) is 0 Å². The van der Waals surface area contributed by atoms with Crippen LogP contribution in [0.2, 0.25) is 0 Å². The van der Waals surface area contributed by atoms with Crippen molar-refractivity contribution in [1.82, 2.24) is 0 Å². The molecule has 1 nitrogen and oxygen atoms in total. The van der Waals surface area contributed by atoms with Crippen LogP contribution >= 0.6 is 0 Å². The summed E-state index contributed by atoms with van der Waals surface area (Å²) in [4.78, 5) is 2.40. The van der Waals surface area contributed by atoms with E-state index in [2.05, 4.69) is 267 Å². The van der Waals surface area contributed by atoms with Crippen LogP contribution in [0, 0.1) is 0 Å². The summed E-state index contributed by atoms with van der Waals surface area (Å²) >= 11 is 0. The molecule has 0 bridgehead atoms. The Hall–Kier alpha value is -8.00. The second kappa shape index (κ2) is 15.4. The van der Waals surface area contributed by atoms with E-state index in [9.17, 15) is 0 Å². The molecular weight excluding hydrogens is 783 g/mol. The molecule has 1 heteroatoms. The van der Waals surface area contributed by atoms with Crippen LogP contribution in [0.1, 0.15) is 47.2 Å². The molecule has 2 aliphatic carbocycles. The SMILES string of the molecule is CC1(C)c2ccccc2C2(c3ccccc3-c3ccc(-c4ccc(N(c5ccc(-c6ccc(-c7ccccc7)cc6)cc5)c5ccccc5-c5ccccc5)cc4)cc32)c2ccccc21. The Morgan fingerprint density at radius 2 is 0.631 bits per heavy atom. The van der Waals surface area contributed by atoms with Gasteiger partial charge in [0.05, 0.1) is 11.1 Å². The molecule has 10 aromatic carbocycles. The molecular formula is C64H47N. The first-order valence-electron chi connectivity index (χ1n) is 22.8. The van der Waals surface area contributed by atoms with Crippen LogP contribution in [-0.2, 0) is 10.8 Å². The Bertz CT molecular complexity index is 3310. The van der Waals surface area contributed by atoms with Crippen LogP contribution in [0.15, 0.2) is 249 Å². The van der Waals surface area contributed by atoms with E-state index in [0.717, 1.165) is 17.1 Å². The van der Waals surface area contributed by atoms with Crippen molar-refractivity contribution in [3.8, 4) is 55.6 Å². The van der Waals surface area contributed by atoms with E-state index in [1.165, 1.54) is 89.0 Å². The van der Waals surface area contributed by atoms with Gasteiger partial charge in [-0.3, -0.25) is 0 Å². The van der Waals surface area contributed by atoms with E-state index in [1.54, 1.807) is 0 Å². The molecule has 0 N–H and O–H groups in total. The summed E-state index contributed by atoms with van der Waals surface area (Å²) in [5.74, 6) is 0. The van der Waals surface area contributed by atoms with Crippen molar-refractivity contribution in [3.05, 3.63) is 282 Å². The summed E-state index contributed by atoms with van der Waals surface area (Å²) in [5, 5.41) is 0. The van der Waals surface area contributed by atoms with Crippen molar-refractivity contribution in [2.75, 3.05) is 4.90 Å². The van der Waals surface area contributed by atoms with E-state index in [0.29, 0.717) is 0 Å². The zero-order valence-corrected chi connectivity index (χ0v) is 36.6. The van der Waals surface area contributed by atoms with Gasteiger partial charge in [0.15, 0.2) is 0 Å². The topological polar surface area (TPSA) is 3.24 Å². The smallest absolute Gasteiger partial charge is 0.0719 e. The van der Waals surface area contributed by atoms with Crippen LogP contribution < -0.4 is 4.90 Å². The maximum Gasteiger partial charge on any atom is 0.0719 e. The van der Waals surface area contributed by atoms with E-state index in [1.807, 2.05) is 0 Å². The second-order valence-electron chi connectivity index (χ2n) is 18.0. The Balaban J connectivity index is 0.964. The van der Waals surface area contributed by atoms with Crippen molar-refractivity contribution in [2.45, 2.75) is 24.7 Å². The zero-order chi connectivity index (χ0) is 43.5. The summed E-state index contributed by atoms with van der Waals surface area (Å²) in [6, 6.07) is 91.8. The second-order valence-corrected chi connectivity index (χ2v) is 18.0. The van der Waals surface area contributed by atoms with Gasteiger partial charge in [-0.05, 0) is 120 Å². The lowest BCUT2D eigenvalue weighted by atomic mass is 9.55. The molecule has 1 spiro atoms. The number of hydrogen-bond donors (Lipinski definition) is 0. The predicted molar refractivity (Wildman–Crippen MR) is 272 cm³/mol. The van der Waals surface area contributed by atoms with E-state index in [4.69, 9.17) is 0 Å². The largest absolute Gasteiger partial charge is 0.310 e. The predicted octanol–water partition coefficient (Wildman–Crippen LogP) is 16.8. The Morgan fingerprint density at radius 3 is 1.18 bits per heavy atom. The third kappa shape index (κ3) is 6.15. The Kier molecular flexibility index (Phi) is 9.14. The number of fused-ring (bicyclic) bond motifs is 9. The minimum absolute atomic E-state index is 0.136. The molecule has 65 heavy (non-hydrogen) atoms. The summed E-state index contributed by atoms with van der Waals surface area (Å²) in [7, 11) is 0. The maximum atomic E-state index is 2.49. The van der Waals surface area contributed by atoms with Crippen LogP contribution in [0.4, 0.5) is 17.1 Å². The van der Waals surface area contributed by atoms with Gasteiger partial charge in [0.25, 0.3) is 0 Å². The first-order valence-corrected chi connectivity index (χ1v) is 22.8. The Morgan fingerprint density at radius 1 is 0.262 bits per heavy atom. The lowest BCUT2D eigenvalue weighted by Gasteiger charge is -2.46. The fourth-order valence-electron chi connectivity index (χ4n) is 11.1. The van der Waals surface area contributed by atoms with Gasteiger partial charge in [0.2, 0.25) is 0 Å². The van der Waals surface area contributed by atoms with Crippen molar-refractivity contribution < 1.29 is 0 Å². The highest BCUT2D eigenvalue weighted by Crippen LogP contribution is 2.62. The van der Waals surface area contributed by atoms with Crippen LogP contribution in [-0.4, -0.2) is 0 Å². The van der Waals surface area contributed by atoms with Crippen molar-refractivity contribution in [3.63, 3.8) is 0 Å². The molecule has 0 unspecified atom stereocenters. The third-order valence-corrected chi connectivity index (χ3v) is 14.2. The molecule has 2 aliphatic rings. The molecule has 0 amide bonds. The molecule has 10 aromatic rings. The van der Waals surface area contributed by atoms with E-state index in [-0.39, 0.29) is 5.41 Å². The highest BCUT2D eigenvalue weighted by molar-refractivity contribution is 5.92. The summed E-state index contributed by atoms with van der Waals surface area (Å²) in [6.07, 6.45) is 0. The van der Waals surface area contributed by atoms with Gasteiger partial charge in [-0.2, -0.15) is 0 Å². The molecule has 12 rings (SSSR count). The van der Waals surface area contributed by atoms with Gasteiger partial charge in [-0.15, -0.1) is 0 Å². The van der Waals surface area contributed by atoms with Gasteiger partial charge in [-0.1, -0.05) is 226 Å². The lowest BCUT2D eigenvalue weighted by molar-refractivity contribution is 0.563. The van der Waals surface area contributed by atoms with Gasteiger partial charge in [-0.25, -0.2) is 0 Å². The standard InChI is InChI=1S/C64H47N/c1-63(2)57-24-12-14-26-59(57)64(60-27-15-13-25-58(60)63)56-23-11-9-22-54(56)55-42-37-50(43-61(55)64)48-35-40-52(41-36-48)65(62-28-16-10-21-53(62)49-19-7-4-8-20-49)51-38-33-47(34-39-51)46-31-29-45(30-32-46)44-17-5-3-6-18-44/h3-43H,1-2H3. The molecule has 0 saturated heterocycles. The van der Waals surface area contributed by atoms with Crippen LogP contribution in [0.3, 0.4) is 0 Å². The number of rotatable bonds is 7. The monoisotopic (exact) mass is 829 g/mol. The highest BCUT2D eigenvalue weighted by Gasteiger charge is 2.53. The fraction of sp³-hybridized carbons (Fsp3) is 0.0625. The first kappa shape index (κ1) is 38.7. The highest BCUT2D eigenvalue weighted by atomic mass is 15.1. The average molecular weight is 830 g/mol. The zero-order valence-electron chi connectivity index (χ0n) is 36.6. The van der Waals surface area contributed by atoms with Gasteiger partial charge < -0.3 is 4.90 Å². The van der Waals surface area contributed by atoms with E-state index < -0.39 is 5.41 Å². The third-order valence-electron chi connectivity index (χ3n) is 14.2. The van der Waals surface area contributed by atoms with Crippen molar-refractivity contribution in [2.24, 2.45) is 0 Å². The molecule has 0 heterocycles. The summed E-state index contributed by atoms with van der Waals surface area (Å²) < 4.78 is 0. The summed E-state index contributed by atoms with van der Waals surface area (Å²) in [5.41, 5.74) is 23.2. The number of hydrogen-bond acceptors (Lipinski definition) is 1. The normalized spacial score (nSPS) is 13.6. The van der Waals surface area contributed by atoms with Crippen molar-refractivity contribution >= 4 is 17.1 Å². The fourth-order valence-corrected chi connectivity index (χ4v) is 11.1. The number of benzene rings is 10. The lowest BCUT2D eigenvalue weighted by Crippen LogP contribution is -2.40. The van der Waals surface area contributed by atoms with Crippen molar-refractivity contribution in [1.29, 1.82) is 0 Å². The number of anilines is 3. The minimum Gasteiger partial charge on any atom is -0.310 e. The van der Waals surface area contributed by atoms with Gasteiger partial charge >= 0.3 is 0 Å². The van der Waals surface area contributed by atoms with Gasteiger partial charge in [0, 0.05) is 22.4 Å². The molecule has 0 saturated carbocycles. The average Bonchev–Trinajstić information content (AvgIpc) is 3.67. The molecule has 0 aliphatic heterocycles. The number of para-hydroxylation sites is 1. The van der Waals surface area contributed by atoms with Crippen LogP contribution in [0.25, 0.3) is 55.6 Å². The molecule has 0 radical (unpaired) electrons.